The Morgan fingerprint density at radius 2 is 2.00 bits per heavy atom. The van der Waals surface area contributed by atoms with Crippen molar-refractivity contribution in [2.75, 3.05) is 0 Å². The molecule has 0 radical (unpaired) electrons. The summed E-state index contributed by atoms with van der Waals surface area (Å²) in [5, 5.41) is 3.12. The van der Waals surface area contributed by atoms with Gasteiger partial charge in [0, 0.05) is 6.54 Å². The monoisotopic (exact) mass is 311 g/mol. The van der Waals surface area contributed by atoms with Crippen molar-refractivity contribution >= 4 is 16.8 Å². The molecule has 2 aromatic carbocycles. The Labute approximate surface area is 131 Å². The van der Waals surface area contributed by atoms with E-state index in [0.29, 0.717) is 16.5 Å². The fourth-order valence-corrected chi connectivity index (χ4v) is 2.28. The van der Waals surface area contributed by atoms with Crippen LogP contribution in [0.5, 0.6) is 0 Å². The van der Waals surface area contributed by atoms with Crippen molar-refractivity contribution in [2.45, 2.75) is 13.1 Å². The minimum absolute atomic E-state index is 0.133. The SMILES string of the molecule is O=C(Cn1cnc2ccccc2c1=O)NCc1cccc(F)c1. The molecule has 0 atom stereocenters. The summed E-state index contributed by atoms with van der Waals surface area (Å²) in [6.45, 7) is 0.0678. The Balaban J connectivity index is 1.71. The van der Waals surface area contributed by atoms with E-state index in [4.69, 9.17) is 0 Å². The van der Waals surface area contributed by atoms with E-state index in [1.807, 2.05) is 0 Å². The van der Waals surface area contributed by atoms with Gasteiger partial charge < -0.3 is 5.32 Å². The summed E-state index contributed by atoms with van der Waals surface area (Å²) in [4.78, 5) is 28.4. The maximum atomic E-state index is 13.1. The van der Waals surface area contributed by atoms with Gasteiger partial charge in [-0.25, -0.2) is 9.37 Å². The summed E-state index contributed by atoms with van der Waals surface area (Å²) in [7, 11) is 0. The number of aromatic nitrogens is 2. The second-order valence-electron chi connectivity index (χ2n) is 5.10. The van der Waals surface area contributed by atoms with Crippen molar-refractivity contribution in [3.63, 3.8) is 0 Å². The highest BCUT2D eigenvalue weighted by molar-refractivity contribution is 5.78. The van der Waals surface area contributed by atoms with Crippen LogP contribution in [-0.2, 0) is 17.9 Å². The minimum atomic E-state index is -0.355. The zero-order chi connectivity index (χ0) is 16.2. The number of hydrogen-bond donors (Lipinski definition) is 1. The number of amides is 1. The first-order chi connectivity index (χ1) is 11.1. The summed E-state index contributed by atoms with van der Waals surface area (Å²) in [6.07, 6.45) is 1.35. The number of nitrogens with zero attached hydrogens (tertiary/aromatic N) is 2. The highest BCUT2D eigenvalue weighted by Gasteiger charge is 2.08. The molecule has 116 valence electrons. The molecule has 1 amide bonds. The van der Waals surface area contributed by atoms with Crippen molar-refractivity contribution < 1.29 is 9.18 Å². The third-order valence-electron chi connectivity index (χ3n) is 3.42. The highest BCUT2D eigenvalue weighted by atomic mass is 19.1. The predicted octanol–water partition coefficient (Wildman–Crippen LogP) is 1.85. The molecule has 0 unspecified atom stereocenters. The van der Waals surface area contributed by atoms with Crippen LogP contribution in [0, 0.1) is 5.82 Å². The number of para-hydroxylation sites is 1. The molecular weight excluding hydrogens is 297 g/mol. The maximum Gasteiger partial charge on any atom is 0.261 e. The van der Waals surface area contributed by atoms with Gasteiger partial charge in [-0.2, -0.15) is 0 Å². The van der Waals surface area contributed by atoms with Crippen molar-refractivity contribution in [3.8, 4) is 0 Å². The van der Waals surface area contributed by atoms with Gasteiger partial charge in [-0.1, -0.05) is 24.3 Å². The molecular formula is C17H14FN3O2. The lowest BCUT2D eigenvalue weighted by molar-refractivity contribution is -0.121. The maximum absolute atomic E-state index is 13.1. The number of benzene rings is 2. The molecule has 6 heteroatoms. The lowest BCUT2D eigenvalue weighted by Crippen LogP contribution is -2.32. The summed E-state index contributed by atoms with van der Waals surface area (Å²) >= 11 is 0. The summed E-state index contributed by atoms with van der Waals surface area (Å²) in [5.74, 6) is -0.694. The fourth-order valence-electron chi connectivity index (χ4n) is 2.28. The van der Waals surface area contributed by atoms with Gasteiger partial charge in [0.1, 0.15) is 12.4 Å². The Kier molecular flexibility index (Phi) is 4.14. The van der Waals surface area contributed by atoms with Crippen LogP contribution in [-0.4, -0.2) is 15.5 Å². The second kappa shape index (κ2) is 6.39. The van der Waals surface area contributed by atoms with Crippen LogP contribution in [0.1, 0.15) is 5.56 Å². The molecule has 1 aromatic heterocycles. The minimum Gasteiger partial charge on any atom is -0.350 e. The molecule has 5 nitrogen and oxygen atoms in total. The zero-order valence-electron chi connectivity index (χ0n) is 12.2. The molecule has 0 bridgehead atoms. The van der Waals surface area contributed by atoms with Gasteiger partial charge >= 0.3 is 0 Å². The van der Waals surface area contributed by atoms with E-state index in [9.17, 15) is 14.0 Å². The van der Waals surface area contributed by atoms with E-state index in [1.165, 1.54) is 23.0 Å². The van der Waals surface area contributed by atoms with Crippen LogP contribution in [0.4, 0.5) is 4.39 Å². The first-order valence-electron chi connectivity index (χ1n) is 7.09. The van der Waals surface area contributed by atoms with E-state index in [1.54, 1.807) is 36.4 Å². The third-order valence-corrected chi connectivity index (χ3v) is 3.42. The summed E-state index contributed by atoms with van der Waals surface area (Å²) in [6, 6.07) is 12.9. The average Bonchev–Trinajstić information content (AvgIpc) is 2.56. The van der Waals surface area contributed by atoms with Gasteiger partial charge in [0.2, 0.25) is 5.91 Å². The van der Waals surface area contributed by atoms with Crippen molar-refractivity contribution in [3.05, 3.63) is 76.6 Å². The van der Waals surface area contributed by atoms with E-state index in [-0.39, 0.29) is 30.4 Å². The molecule has 3 rings (SSSR count). The summed E-state index contributed by atoms with van der Waals surface area (Å²) < 4.78 is 14.3. The van der Waals surface area contributed by atoms with Gasteiger partial charge in [0.25, 0.3) is 5.56 Å². The van der Waals surface area contributed by atoms with Crippen molar-refractivity contribution in [2.24, 2.45) is 0 Å². The van der Waals surface area contributed by atoms with E-state index < -0.39 is 0 Å². The molecule has 1 N–H and O–H groups in total. The molecule has 0 fully saturated rings. The molecule has 0 aliphatic carbocycles. The smallest absolute Gasteiger partial charge is 0.261 e. The Bertz CT molecular complexity index is 921. The van der Waals surface area contributed by atoms with Gasteiger partial charge in [-0.15, -0.1) is 0 Å². The largest absolute Gasteiger partial charge is 0.350 e. The molecule has 0 saturated heterocycles. The number of carbonyl (C=O) groups is 1. The molecule has 0 spiro atoms. The van der Waals surface area contributed by atoms with Crippen molar-refractivity contribution in [1.82, 2.24) is 14.9 Å². The van der Waals surface area contributed by atoms with Crippen LogP contribution in [0.3, 0.4) is 0 Å². The van der Waals surface area contributed by atoms with E-state index >= 15 is 0 Å². The van der Waals surface area contributed by atoms with Crippen LogP contribution < -0.4 is 10.9 Å². The Morgan fingerprint density at radius 1 is 1.17 bits per heavy atom. The zero-order valence-corrected chi connectivity index (χ0v) is 12.2. The quantitative estimate of drug-likeness (QED) is 0.800. The first kappa shape index (κ1) is 14.9. The molecule has 1 heterocycles. The highest BCUT2D eigenvalue weighted by Crippen LogP contribution is 2.05. The number of rotatable bonds is 4. The molecule has 3 aromatic rings. The van der Waals surface area contributed by atoms with Crippen molar-refractivity contribution in [1.29, 1.82) is 0 Å². The summed E-state index contributed by atoms with van der Waals surface area (Å²) in [5.41, 5.74) is 0.979. The average molecular weight is 311 g/mol. The lowest BCUT2D eigenvalue weighted by Gasteiger charge is -2.08. The third kappa shape index (κ3) is 3.42. The first-order valence-corrected chi connectivity index (χ1v) is 7.09. The number of nitrogens with one attached hydrogen (secondary N) is 1. The molecule has 23 heavy (non-hydrogen) atoms. The molecule has 0 aliphatic heterocycles. The Morgan fingerprint density at radius 3 is 2.83 bits per heavy atom. The normalized spacial score (nSPS) is 10.7. The molecule has 0 saturated carbocycles. The predicted molar refractivity (Wildman–Crippen MR) is 84.2 cm³/mol. The Hall–Kier alpha value is -3.02. The van der Waals surface area contributed by atoms with Crippen LogP contribution >= 0.6 is 0 Å². The standard InChI is InChI=1S/C17H14FN3O2/c18-13-5-3-4-12(8-13)9-19-16(22)10-21-11-20-15-7-2-1-6-14(15)17(21)23/h1-8,11H,9-10H2,(H,19,22). The van der Waals surface area contributed by atoms with Gasteiger partial charge in [-0.3, -0.25) is 14.2 Å². The van der Waals surface area contributed by atoms with Crippen LogP contribution in [0.2, 0.25) is 0 Å². The number of carbonyl (C=O) groups excluding carboxylic acids is 1. The number of fused-ring (bicyclic) bond motifs is 1. The van der Waals surface area contributed by atoms with E-state index in [2.05, 4.69) is 10.3 Å². The topological polar surface area (TPSA) is 64.0 Å². The lowest BCUT2D eigenvalue weighted by atomic mass is 10.2. The van der Waals surface area contributed by atoms with Gasteiger partial charge in [0.05, 0.1) is 17.2 Å². The van der Waals surface area contributed by atoms with Gasteiger partial charge in [0.15, 0.2) is 0 Å². The van der Waals surface area contributed by atoms with Gasteiger partial charge in [-0.05, 0) is 29.8 Å². The fraction of sp³-hybridized carbons (Fsp3) is 0.118. The van der Waals surface area contributed by atoms with Crippen LogP contribution in [0.25, 0.3) is 10.9 Å². The second-order valence-corrected chi connectivity index (χ2v) is 5.10. The number of halogens is 1. The number of hydrogen-bond acceptors (Lipinski definition) is 3. The van der Waals surface area contributed by atoms with E-state index in [0.717, 1.165) is 0 Å². The van der Waals surface area contributed by atoms with Crippen LogP contribution in [0.15, 0.2) is 59.7 Å². The molecule has 0 aliphatic rings.